The predicted octanol–water partition coefficient (Wildman–Crippen LogP) is 4.27. The van der Waals surface area contributed by atoms with Gasteiger partial charge in [0.2, 0.25) is 5.95 Å². The van der Waals surface area contributed by atoms with Gasteiger partial charge in [0.05, 0.1) is 7.11 Å². The number of rotatable bonds is 9. The second-order valence-corrected chi connectivity index (χ2v) is 7.27. The van der Waals surface area contributed by atoms with E-state index in [2.05, 4.69) is 15.5 Å². The average Bonchev–Trinajstić information content (AvgIpc) is 3.13. The molecule has 1 heterocycles. The summed E-state index contributed by atoms with van der Waals surface area (Å²) in [5, 5.41) is 12.4. The van der Waals surface area contributed by atoms with Crippen molar-refractivity contribution in [1.29, 1.82) is 0 Å². The number of halogens is 1. The summed E-state index contributed by atoms with van der Waals surface area (Å²) < 4.78 is 12.6. The van der Waals surface area contributed by atoms with Crippen molar-refractivity contribution in [1.82, 2.24) is 14.8 Å². The van der Waals surface area contributed by atoms with Gasteiger partial charge in [-0.25, -0.2) is 0 Å². The number of carbonyl (C=O) groups is 1. The zero-order valence-corrected chi connectivity index (χ0v) is 17.7. The second-order valence-electron chi connectivity index (χ2n) is 5.92. The smallest absolute Gasteiger partial charge is 0.264 e. The van der Waals surface area contributed by atoms with E-state index >= 15 is 0 Å². The molecule has 0 unspecified atom stereocenters. The van der Waals surface area contributed by atoms with Gasteiger partial charge in [-0.3, -0.25) is 14.7 Å². The number of carbonyl (C=O) groups excluding carboxylic acids is 1. The molecule has 9 heteroatoms. The highest BCUT2D eigenvalue weighted by Gasteiger charge is 2.15. The highest BCUT2D eigenvalue weighted by Crippen LogP contribution is 2.27. The van der Waals surface area contributed by atoms with E-state index in [9.17, 15) is 4.79 Å². The summed E-state index contributed by atoms with van der Waals surface area (Å²) in [6.07, 6.45) is 0. The van der Waals surface area contributed by atoms with Crippen LogP contribution in [0.1, 0.15) is 12.5 Å². The maximum absolute atomic E-state index is 12.3. The number of benzene rings is 2. The van der Waals surface area contributed by atoms with Gasteiger partial charge in [-0.05, 0) is 30.7 Å². The summed E-state index contributed by atoms with van der Waals surface area (Å²) in [4.78, 5) is 12.3. The molecule has 3 aromatic rings. The third-order valence-electron chi connectivity index (χ3n) is 4.03. The number of para-hydroxylation sites is 2. The first-order chi connectivity index (χ1) is 14.1. The molecule has 0 saturated heterocycles. The molecule has 1 aromatic heterocycles. The molecule has 1 amide bonds. The van der Waals surface area contributed by atoms with Crippen molar-refractivity contribution in [3.05, 3.63) is 59.1 Å². The van der Waals surface area contributed by atoms with Crippen LogP contribution in [0.3, 0.4) is 0 Å². The Kier molecular flexibility index (Phi) is 7.37. The first-order valence-corrected chi connectivity index (χ1v) is 10.3. The number of hydrogen-bond donors (Lipinski definition) is 1. The van der Waals surface area contributed by atoms with Crippen LogP contribution < -0.4 is 14.8 Å². The van der Waals surface area contributed by atoms with Crippen LogP contribution in [0.15, 0.2) is 53.7 Å². The van der Waals surface area contributed by atoms with Gasteiger partial charge in [-0.1, -0.05) is 53.7 Å². The summed E-state index contributed by atoms with van der Waals surface area (Å²) in [6, 6.07) is 14.8. The molecule has 1 N–H and O–H groups in total. The highest BCUT2D eigenvalue weighted by atomic mass is 35.5. The van der Waals surface area contributed by atoms with E-state index in [1.54, 1.807) is 19.2 Å². The van der Waals surface area contributed by atoms with Crippen LogP contribution in [-0.4, -0.2) is 34.4 Å². The van der Waals surface area contributed by atoms with E-state index in [-0.39, 0.29) is 12.5 Å². The van der Waals surface area contributed by atoms with Gasteiger partial charge in [0, 0.05) is 17.3 Å². The second kappa shape index (κ2) is 10.2. The van der Waals surface area contributed by atoms with Crippen LogP contribution in [0.25, 0.3) is 0 Å². The molecule has 3 rings (SSSR count). The molecule has 0 bridgehead atoms. The van der Waals surface area contributed by atoms with Crippen molar-refractivity contribution in [2.24, 2.45) is 0 Å². The number of aromatic nitrogens is 3. The van der Waals surface area contributed by atoms with E-state index in [4.69, 9.17) is 21.1 Å². The van der Waals surface area contributed by atoms with Crippen molar-refractivity contribution < 1.29 is 14.3 Å². The number of methoxy groups -OCH3 is 1. The third-order valence-corrected chi connectivity index (χ3v) is 5.41. The molecule has 7 nitrogen and oxygen atoms in total. The molecule has 2 aromatic carbocycles. The van der Waals surface area contributed by atoms with Crippen LogP contribution in [0.4, 0.5) is 5.95 Å². The van der Waals surface area contributed by atoms with Crippen LogP contribution >= 0.6 is 23.4 Å². The minimum absolute atomic E-state index is 0.168. The number of amides is 1. The van der Waals surface area contributed by atoms with Gasteiger partial charge in [-0.15, -0.1) is 10.2 Å². The lowest BCUT2D eigenvalue weighted by Gasteiger charge is -2.11. The quantitative estimate of drug-likeness (QED) is 0.509. The lowest BCUT2D eigenvalue weighted by molar-refractivity contribution is -0.118. The largest absolute Gasteiger partial charge is 0.493 e. The van der Waals surface area contributed by atoms with Gasteiger partial charge in [-0.2, -0.15) is 0 Å². The zero-order valence-electron chi connectivity index (χ0n) is 16.1. The maximum Gasteiger partial charge on any atom is 0.264 e. The van der Waals surface area contributed by atoms with Gasteiger partial charge in [0.25, 0.3) is 5.91 Å². The Labute approximate surface area is 178 Å². The van der Waals surface area contributed by atoms with Gasteiger partial charge in [0.15, 0.2) is 23.3 Å². The van der Waals surface area contributed by atoms with Gasteiger partial charge < -0.3 is 9.47 Å². The van der Waals surface area contributed by atoms with E-state index < -0.39 is 0 Å². The molecule has 152 valence electrons. The SMILES string of the molecule is CCn1c(NC(=O)COc2ccccc2OC)nnc1SCc1ccccc1Cl. The number of hydrogen-bond acceptors (Lipinski definition) is 6. The molecule has 0 aliphatic rings. The van der Waals surface area contributed by atoms with E-state index in [1.165, 1.54) is 11.8 Å². The van der Waals surface area contributed by atoms with Crippen LogP contribution in [0, 0.1) is 0 Å². The normalized spacial score (nSPS) is 10.6. The summed E-state index contributed by atoms with van der Waals surface area (Å²) in [7, 11) is 1.55. The molecular formula is C20H21ClN4O3S. The Balaban J connectivity index is 1.60. The van der Waals surface area contributed by atoms with Crippen LogP contribution in [0.2, 0.25) is 5.02 Å². The minimum atomic E-state index is -0.333. The fourth-order valence-electron chi connectivity index (χ4n) is 2.57. The van der Waals surface area contributed by atoms with Crippen molar-refractivity contribution in [3.63, 3.8) is 0 Å². The fraction of sp³-hybridized carbons (Fsp3) is 0.250. The maximum atomic E-state index is 12.3. The number of anilines is 1. The fourth-order valence-corrected chi connectivity index (χ4v) is 3.86. The molecule has 29 heavy (non-hydrogen) atoms. The Morgan fingerprint density at radius 2 is 1.86 bits per heavy atom. The standard InChI is InChI=1S/C20H21ClN4O3S/c1-3-25-19(22-18(26)12-28-17-11-7-6-10-16(17)27-2)23-24-20(25)29-13-14-8-4-5-9-15(14)21/h4-11H,3,12-13H2,1-2H3,(H,22,23,26). The topological polar surface area (TPSA) is 78.3 Å². The summed E-state index contributed by atoms with van der Waals surface area (Å²) in [6.45, 7) is 2.41. The van der Waals surface area contributed by atoms with Crippen molar-refractivity contribution in [2.45, 2.75) is 24.4 Å². The molecule has 0 aliphatic carbocycles. The average molecular weight is 433 g/mol. The van der Waals surface area contributed by atoms with Gasteiger partial charge in [0.1, 0.15) is 0 Å². The summed E-state index contributed by atoms with van der Waals surface area (Å²) in [5.74, 6) is 1.76. The predicted molar refractivity (Wildman–Crippen MR) is 114 cm³/mol. The Hall–Kier alpha value is -2.71. The number of nitrogens with one attached hydrogen (secondary N) is 1. The molecule has 0 atom stereocenters. The molecule has 0 spiro atoms. The van der Waals surface area contributed by atoms with Crippen LogP contribution in [0.5, 0.6) is 11.5 Å². The molecule has 0 fully saturated rings. The first kappa shape index (κ1) is 21.0. The Morgan fingerprint density at radius 3 is 2.59 bits per heavy atom. The number of nitrogens with zero attached hydrogens (tertiary/aromatic N) is 3. The van der Waals surface area contributed by atoms with Gasteiger partial charge >= 0.3 is 0 Å². The van der Waals surface area contributed by atoms with E-state index in [0.29, 0.717) is 39.9 Å². The summed E-state index contributed by atoms with van der Waals surface area (Å²) in [5.41, 5.74) is 1.01. The molecule has 0 saturated carbocycles. The number of ether oxygens (including phenoxy) is 2. The Bertz CT molecular complexity index is 980. The van der Waals surface area contributed by atoms with Crippen molar-refractivity contribution >= 4 is 35.2 Å². The monoisotopic (exact) mass is 432 g/mol. The molecule has 0 aliphatic heterocycles. The lowest BCUT2D eigenvalue weighted by atomic mass is 10.2. The third kappa shape index (κ3) is 5.42. The summed E-state index contributed by atoms with van der Waals surface area (Å²) >= 11 is 7.72. The van der Waals surface area contributed by atoms with E-state index in [1.807, 2.05) is 47.9 Å². The lowest BCUT2D eigenvalue weighted by Crippen LogP contribution is -2.22. The molecular weight excluding hydrogens is 412 g/mol. The molecule has 0 radical (unpaired) electrons. The van der Waals surface area contributed by atoms with Crippen molar-refractivity contribution in [2.75, 3.05) is 19.0 Å². The van der Waals surface area contributed by atoms with Crippen LogP contribution in [-0.2, 0) is 17.1 Å². The first-order valence-electron chi connectivity index (χ1n) is 8.97. The zero-order chi connectivity index (χ0) is 20.6. The number of thioether (sulfide) groups is 1. The van der Waals surface area contributed by atoms with Crippen molar-refractivity contribution in [3.8, 4) is 11.5 Å². The van der Waals surface area contributed by atoms with E-state index in [0.717, 1.165) is 5.56 Å². The minimum Gasteiger partial charge on any atom is -0.493 e. The Morgan fingerprint density at radius 1 is 1.14 bits per heavy atom. The highest BCUT2D eigenvalue weighted by molar-refractivity contribution is 7.98.